The van der Waals surface area contributed by atoms with E-state index in [0.717, 1.165) is 55.0 Å². The SMILES string of the molecule is Cc1ccc(-n2cc(CN3CCC(C(N)=O)CC3)c(-c3ccc(F)cc3)n2)cc1. The molecule has 3 aromatic rings. The number of carbonyl (C=O) groups is 1. The second-order valence-electron chi connectivity index (χ2n) is 7.74. The molecule has 0 radical (unpaired) electrons. The molecule has 150 valence electrons. The van der Waals surface area contributed by atoms with Gasteiger partial charge in [0.15, 0.2) is 0 Å². The Kier molecular flexibility index (Phi) is 5.45. The molecule has 0 spiro atoms. The van der Waals surface area contributed by atoms with Crippen molar-refractivity contribution in [3.63, 3.8) is 0 Å². The van der Waals surface area contributed by atoms with Gasteiger partial charge in [-0.2, -0.15) is 5.10 Å². The number of hydrogen-bond donors (Lipinski definition) is 1. The van der Waals surface area contributed by atoms with Crippen LogP contribution in [0.25, 0.3) is 16.9 Å². The van der Waals surface area contributed by atoms with Crippen molar-refractivity contribution < 1.29 is 9.18 Å². The van der Waals surface area contributed by atoms with Gasteiger partial charge in [0.2, 0.25) is 5.91 Å². The number of rotatable bonds is 5. The average Bonchev–Trinajstić information content (AvgIpc) is 3.13. The van der Waals surface area contributed by atoms with Gasteiger partial charge in [-0.05, 0) is 69.3 Å². The molecule has 6 heteroatoms. The van der Waals surface area contributed by atoms with Crippen LogP contribution in [0.2, 0.25) is 0 Å². The maximum Gasteiger partial charge on any atom is 0.220 e. The summed E-state index contributed by atoms with van der Waals surface area (Å²) in [7, 11) is 0. The van der Waals surface area contributed by atoms with Gasteiger partial charge in [-0.3, -0.25) is 9.69 Å². The highest BCUT2D eigenvalue weighted by atomic mass is 19.1. The lowest BCUT2D eigenvalue weighted by Gasteiger charge is -2.30. The zero-order valence-electron chi connectivity index (χ0n) is 16.5. The quantitative estimate of drug-likeness (QED) is 0.720. The lowest BCUT2D eigenvalue weighted by molar-refractivity contribution is -0.123. The van der Waals surface area contributed by atoms with Gasteiger partial charge in [0.05, 0.1) is 11.4 Å². The van der Waals surface area contributed by atoms with Crippen molar-refractivity contribution in [1.82, 2.24) is 14.7 Å². The minimum atomic E-state index is -0.262. The first-order valence-corrected chi connectivity index (χ1v) is 9.93. The minimum absolute atomic E-state index is 0.0295. The van der Waals surface area contributed by atoms with Crippen LogP contribution in [0.3, 0.4) is 0 Å². The highest BCUT2D eigenvalue weighted by molar-refractivity contribution is 5.76. The summed E-state index contributed by atoms with van der Waals surface area (Å²) >= 11 is 0. The standard InChI is InChI=1S/C23H25FN4O/c1-16-2-8-21(9-3-16)28-15-19(14-27-12-10-18(11-13-27)23(25)29)22(26-28)17-4-6-20(24)7-5-17/h2-9,15,18H,10-14H2,1H3,(H2,25,29). The molecular weight excluding hydrogens is 367 g/mol. The number of benzene rings is 2. The molecule has 1 amide bonds. The Labute approximate surface area is 169 Å². The van der Waals surface area contributed by atoms with E-state index in [1.807, 2.05) is 23.0 Å². The Hall–Kier alpha value is -2.99. The van der Waals surface area contributed by atoms with Crippen molar-refractivity contribution in [2.45, 2.75) is 26.3 Å². The molecule has 1 fully saturated rings. The van der Waals surface area contributed by atoms with Crippen molar-refractivity contribution in [1.29, 1.82) is 0 Å². The monoisotopic (exact) mass is 392 g/mol. The van der Waals surface area contributed by atoms with E-state index >= 15 is 0 Å². The number of aromatic nitrogens is 2. The lowest BCUT2D eigenvalue weighted by atomic mass is 9.96. The van der Waals surface area contributed by atoms with Gasteiger partial charge in [-0.15, -0.1) is 0 Å². The number of aryl methyl sites for hydroxylation is 1. The lowest BCUT2D eigenvalue weighted by Crippen LogP contribution is -2.38. The summed E-state index contributed by atoms with van der Waals surface area (Å²) in [5.41, 5.74) is 10.4. The van der Waals surface area contributed by atoms with Crippen LogP contribution in [-0.2, 0) is 11.3 Å². The fraction of sp³-hybridized carbons (Fsp3) is 0.304. The van der Waals surface area contributed by atoms with Gasteiger partial charge in [0, 0.05) is 29.8 Å². The van der Waals surface area contributed by atoms with E-state index in [1.54, 1.807) is 12.1 Å². The molecular formula is C23H25FN4O. The molecule has 0 atom stereocenters. The molecule has 2 N–H and O–H groups in total. The number of halogens is 1. The van der Waals surface area contributed by atoms with Gasteiger partial charge >= 0.3 is 0 Å². The second kappa shape index (κ2) is 8.17. The molecule has 0 aliphatic carbocycles. The molecule has 0 unspecified atom stereocenters. The van der Waals surface area contributed by atoms with E-state index in [-0.39, 0.29) is 17.6 Å². The number of nitrogens with two attached hydrogens (primary N) is 1. The van der Waals surface area contributed by atoms with Crippen LogP contribution in [0.4, 0.5) is 4.39 Å². The van der Waals surface area contributed by atoms with Crippen LogP contribution in [0.5, 0.6) is 0 Å². The zero-order chi connectivity index (χ0) is 20.4. The topological polar surface area (TPSA) is 64.2 Å². The number of nitrogens with zero attached hydrogens (tertiary/aromatic N) is 3. The van der Waals surface area contributed by atoms with E-state index < -0.39 is 0 Å². The molecule has 29 heavy (non-hydrogen) atoms. The van der Waals surface area contributed by atoms with E-state index in [4.69, 9.17) is 10.8 Å². The Bertz CT molecular complexity index is 987. The highest BCUT2D eigenvalue weighted by Crippen LogP contribution is 2.27. The Morgan fingerprint density at radius 1 is 1.10 bits per heavy atom. The van der Waals surface area contributed by atoms with Crippen LogP contribution in [0, 0.1) is 18.7 Å². The predicted molar refractivity (Wildman–Crippen MR) is 111 cm³/mol. The largest absolute Gasteiger partial charge is 0.369 e. The van der Waals surface area contributed by atoms with Crippen LogP contribution in [0.15, 0.2) is 54.7 Å². The first kappa shape index (κ1) is 19.3. The molecule has 1 aliphatic heterocycles. The molecule has 0 bridgehead atoms. The minimum Gasteiger partial charge on any atom is -0.369 e. The molecule has 1 saturated heterocycles. The number of carbonyl (C=O) groups excluding carboxylic acids is 1. The molecule has 0 saturated carbocycles. The van der Waals surface area contributed by atoms with Crippen molar-refractivity contribution in [2.24, 2.45) is 11.7 Å². The predicted octanol–water partition coefficient (Wildman–Crippen LogP) is 3.68. The van der Waals surface area contributed by atoms with E-state index in [2.05, 4.69) is 24.0 Å². The zero-order valence-corrected chi connectivity index (χ0v) is 16.5. The third-order valence-electron chi connectivity index (χ3n) is 5.59. The van der Waals surface area contributed by atoms with Crippen molar-refractivity contribution in [2.75, 3.05) is 13.1 Å². The Morgan fingerprint density at radius 2 is 1.76 bits per heavy atom. The van der Waals surface area contributed by atoms with Gasteiger partial charge in [-0.25, -0.2) is 9.07 Å². The molecule has 2 aromatic carbocycles. The fourth-order valence-corrected chi connectivity index (χ4v) is 3.82. The first-order chi connectivity index (χ1) is 14.0. The summed E-state index contributed by atoms with van der Waals surface area (Å²) in [6.45, 7) is 4.43. The van der Waals surface area contributed by atoms with Gasteiger partial charge in [0.25, 0.3) is 0 Å². The molecule has 5 nitrogen and oxygen atoms in total. The summed E-state index contributed by atoms with van der Waals surface area (Å²) in [6.07, 6.45) is 3.62. The van der Waals surface area contributed by atoms with Crippen LogP contribution in [-0.4, -0.2) is 33.7 Å². The Balaban J connectivity index is 1.63. The number of primary amides is 1. The Morgan fingerprint density at radius 3 is 2.38 bits per heavy atom. The van der Waals surface area contributed by atoms with Crippen molar-refractivity contribution in [3.8, 4) is 16.9 Å². The van der Waals surface area contributed by atoms with Gasteiger partial charge in [-0.1, -0.05) is 17.7 Å². The molecule has 1 aromatic heterocycles. The number of likely N-dealkylation sites (tertiary alicyclic amines) is 1. The summed E-state index contributed by atoms with van der Waals surface area (Å²) < 4.78 is 15.3. The maximum atomic E-state index is 13.4. The van der Waals surface area contributed by atoms with E-state index in [0.29, 0.717) is 0 Å². The van der Waals surface area contributed by atoms with Gasteiger partial charge < -0.3 is 5.73 Å². The fourth-order valence-electron chi connectivity index (χ4n) is 3.82. The summed E-state index contributed by atoms with van der Waals surface area (Å²) in [5.74, 6) is -0.497. The van der Waals surface area contributed by atoms with Crippen molar-refractivity contribution >= 4 is 5.91 Å². The summed E-state index contributed by atoms with van der Waals surface area (Å²) in [4.78, 5) is 13.8. The van der Waals surface area contributed by atoms with E-state index in [9.17, 15) is 9.18 Å². The molecule has 1 aliphatic rings. The third kappa shape index (κ3) is 4.38. The maximum absolute atomic E-state index is 13.4. The molecule has 4 rings (SSSR count). The first-order valence-electron chi connectivity index (χ1n) is 9.93. The highest BCUT2D eigenvalue weighted by Gasteiger charge is 2.24. The van der Waals surface area contributed by atoms with Gasteiger partial charge in [0.1, 0.15) is 5.82 Å². The van der Waals surface area contributed by atoms with Crippen molar-refractivity contribution in [3.05, 3.63) is 71.7 Å². The van der Waals surface area contributed by atoms with E-state index in [1.165, 1.54) is 17.7 Å². The second-order valence-corrected chi connectivity index (χ2v) is 7.74. The summed E-state index contributed by atoms with van der Waals surface area (Å²) in [5, 5.41) is 4.81. The van der Waals surface area contributed by atoms with Crippen LogP contribution in [0.1, 0.15) is 24.0 Å². The number of amides is 1. The smallest absolute Gasteiger partial charge is 0.220 e. The normalized spacial score (nSPS) is 15.5. The van der Waals surface area contributed by atoms with Crippen LogP contribution < -0.4 is 5.73 Å². The average molecular weight is 392 g/mol. The summed E-state index contributed by atoms with van der Waals surface area (Å²) in [6, 6.07) is 14.6. The van der Waals surface area contributed by atoms with Crippen LogP contribution >= 0.6 is 0 Å². The third-order valence-corrected chi connectivity index (χ3v) is 5.59. The molecule has 2 heterocycles. The number of hydrogen-bond acceptors (Lipinski definition) is 3. The number of piperidine rings is 1.